The molecule has 0 unspecified atom stereocenters. The number of fused-ring (bicyclic) bond motifs is 1. The molecule has 1 aromatic rings. The van der Waals surface area contributed by atoms with Crippen LogP contribution in [0, 0.1) is 11.3 Å². The number of carboxylic acid groups (broad SMARTS) is 1. The van der Waals surface area contributed by atoms with Gasteiger partial charge in [0, 0.05) is 13.6 Å². The second-order valence-corrected chi connectivity index (χ2v) is 4.32. The van der Waals surface area contributed by atoms with Crippen LogP contribution in [0.4, 0.5) is 11.4 Å². The molecule has 19 heavy (non-hydrogen) atoms. The normalized spacial score (nSPS) is 14.0. The van der Waals surface area contributed by atoms with Crippen LogP contribution in [-0.2, 0) is 4.79 Å². The zero-order valence-electron chi connectivity index (χ0n) is 10.5. The highest BCUT2D eigenvalue weighted by Gasteiger charge is 2.27. The molecule has 0 bridgehead atoms. The summed E-state index contributed by atoms with van der Waals surface area (Å²) in [5.41, 5.74) is 1.47. The summed E-state index contributed by atoms with van der Waals surface area (Å²) in [6.45, 7) is 0.504. The first-order valence-electron chi connectivity index (χ1n) is 5.80. The largest absolute Gasteiger partial charge is 0.478 e. The topological polar surface area (TPSA) is 84.6 Å². The predicted octanol–water partition coefficient (Wildman–Crippen LogP) is 1.08. The molecular weight excluding hydrogens is 246 g/mol. The van der Waals surface area contributed by atoms with E-state index in [1.807, 2.05) is 6.07 Å². The molecule has 6 nitrogen and oxygen atoms in total. The Morgan fingerprint density at radius 2 is 2.21 bits per heavy atom. The molecule has 2 rings (SSSR count). The average molecular weight is 259 g/mol. The SMILES string of the molecule is CN1CC(=O)N(CCC#N)c2cc(C(=O)O)ccc21. The maximum atomic E-state index is 12.0. The number of rotatable bonds is 3. The first-order chi connectivity index (χ1) is 9.04. The Kier molecular flexibility index (Phi) is 3.38. The van der Waals surface area contributed by atoms with Crippen LogP contribution in [0.5, 0.6) is 0 Å². The molecule has 0 atom stereocenters. The van der Waals surface area contributed by atoms with Gasteiger partial charge in [0.15, 0.2) is 0 Å². The number of hydrogen-bond acceptors (Lipinski definition) is 4. The summed E-state index contributed by atoms with van der Waals surface area (Å²) in [7, 11) is 1.78. The number of carbonyl (C=O) groups is 2. The summed E-state index contributed by atoms with van der Waals surface area (Å²) in [6.07, 6.45) is 0.214. The number of benzene rings is 1. The van der Waals surface area contributed by atoms with Crippen LogP contribution in [0.3, 0.4) is 0 Å². The molecule has 1 aromatic carbocycles. The van der Waals surface area contributed by atoms with Crippen molar-refractivity contribution in [3.8, 4) is 6.07 Å². The van der Waals surface area contributed by atoms with Gasteiger partial charge in [-0.25, -0.2) is 4.79 Å². The molecule has 98 valence electrons. The third-order valence-corrected chi connectivity index (χ3v) is 3.05. The number of nitrogens with zero attached hydrogens (tertiary/aromatic N) is 3. The van der Waals surface area contributed by atoms with E-state index in [2.05, 4.69) is 0 Å². The Balaban J connectivity index is 2.47. The van der Waals surface area contributed by atoms with Gasteiger partial charge >= 0.3 is 5.97 Å². The fraction of sp³-hybridized carbons (Fsp3) is 0.308. The summed E-state index contributed by atoms with van der Waals surface area (Å²) in [6, 6.07) is 6.66. The number of carboxylic acids is 1. The average Bonchev–Trinajstić information content (AvgIpc) is 2.37. The van der Waals surface area contributed by atoms with Crippen LogP contribution in [-0.4, -0.2) is 37.1 Å². The molecule has 0 saturated carbocycles. The highest BCUT2D eigenvalue weighted by Crippen LogP contribution is 2.33. The Bertz CT molecular complexity index is 577. The predicted molar refractivity (Wildman–Crippen MR) is 69.3 cm³/mol. The van der Waals surface area contributed by atoms with Gasteiger partial charge < -0.3 is 14.9 Å². The van der Waals surface area contributed by atoms with Crippen molar-refractivity contribution < 1.29 is 14.7 Å². The van der Waals surface area contributed by atoms with Gasteiger partial charge in [-0.05, 0) is 18.2 Å². The lowest BCUT2D eigenvalue weighted by Crippen LogP contribution is -2.44. The fourth-order valence-electron chi connectivity index (χ4n) is 2.11. The van der Waals surface area contributed by atoms with Crippen molar-refractivity contribution in [1.82, 2.24) is 0 Å². The lowest BCUT2D eigenvalue weighted by atomic mass is 10.1. The minimum atomic E-state index is -1.04. The van der Waals surface area contributed by atoms with E-state index in [1.54, 1.807) is 18.0 Å². The lowest BCUT2D eigenvalue weighted by Gasteiger charge is -2.35. The number of carbonyl (C=O) groups excluding carboxylic acids is 1. The van der Waals surface area contributed by atoms with E-state index in [1.165, 1.54) is 17.0 Å². The smallest absolute Gasteiger partial charge is 0.335 e. The number of nitriles is 1. The molecule has 1 aliphatic rings. The summed E-state index contributed by atoms with van der Waals surface area (Å²) in [5.74, 6) is -1.17. The number of aromatic carboxylic acids is 1. The van der Waals surface area contributed by atoms with Gasteiger partial charge in [-0.3, -0.25) is 4.79 Å². The minimum Gasteiger partial charge on any atom is -0.478 e. The summed E-state index contributed by atoms with van der Waals surface area (Å²) in [4.78, 5) is 26.2. The van der Waals surface area contributed by atoms with Gasteiger partial charge in [-0.1, -0.05) is 0 Å². The summed E-state index contributed by atoms with van der Waals surface area (Å²) < 4.78 is 0. The first kappa shape index (κ1) is 12.9. The molecule has 0 radical (unpaired) electrons. The highest BCUT2D eigenvalue weighted by molar-refractivity contribution is 6.04. The van der Waals surface area contributed by atoms with Crippen molar-refractivity contribution in [3.63, 3.8) is 0 Å². The summed E-state index contributed by atoms with van der Waals surface area (Å²) >= 11 is 0. The zero-order valence-corrected chi connectivity index (χ0v) is 10.5. The van der Waals surface area contributed by atoms with Gasteiger partial charge in [0.05, 0.1) is 36.0 Å². The van der Waals surface area contributed by atoms with Gasteiger partial charge in [0.2, 0.25) is 5.91 Å². The number of amides is 1. The van der Waals surface area contributed by atoms with Gasteiger partial charge in [-0.2, -0.15) is 5.26 Å². The van der Waals surface area contributed by atoms with Crippen molar-refractivity contribution in [1.29, 1.82) is 5.26 Å². The van der Waals surface area contributed by atoms with Crippen LogP contribution in [0.25, 0.3) is 0 Å². The van der Waals surface area contributed by atoms with Gasteiger partial charge in [-0.15, -0.1) is 0 Å². The minimum absolute atomic E-state index is 0.129. The molecule has 0 aromatic heterocycles. The van der Waals surface area contributed by atoms with Crippen LogP contribution in [0.15, 0.2) is 18.2 Å². The third-order valence-electron chi connectivity index (χ3n) is 3.05. The molecular formula is C13H13N3O3. The van der Waals surface area contributed by atoms with E-state index in [-0.39, 0.29) is 31.0 Å². The van der Waals surface area contributed by atoms with Gasteiger partial charge in [0.25, 0.3) is 0 Å². The monoisotopic (exact) mass is 259 g/mol. The molecule has 0 fully saturated rings. The quantitative estimate of drug-likeness (QED) is 0.878. The molecule has 0 aliphatic carbocycles. The molecule has 1 heterocycles. The zero-order chi connectivity index (χ0) is 14.0. The van der Waals surface area contributed by atoms with Crippen LogP contribution in [0.2, 0.25) is 0 Å². The van der Waals surface area contributed by atoms with Crippen molar-refractivity contribution in [3.05, 3.63) is 23.8 Å². The Hall–Kier alpha value is -2.55. The standard InChI is InChI=1S/C13H13N3O3/c1-15-8-12(17)16(6-2-5-14)11-7-9(13(18)19)3-4-10(11)15/h3-4,7H,2,6,8H2,1H3,(H,18,19). The van der Waals surface area contributed by atoms with Crippen LogP contribution >= 0.6 is 0 Å². The van der Waals surface area contributed by atoms with E-state index in [0.29, 0.717) is 5.69 Å². The number of anilines is 2. The first-order valence-corrected chi connectivity index (χ1v) is 5.80. The Labute approximate surface area is 110 Å². The lowest BCUT2D eigenvalue weighted by molar-refractivity contribution is -0.117. The molecule has 6 heteroatoms. The second-order valence-electron chi connectivity index (χ2n) is 4.32. The Morgan fingerprint density at radius 1 is 1.47 bits per heavy atom. The Morgan fingerprint density at radius 3 is 2.84 bits per heavy atom. The molecule has 1 aliphatic heterocycles. The second kappa shape index (κ2) is 4.98. The van der Waals surface area contributed by atoms with Crippen molar-refractivity contribution >= 4 is 23.3 Å². The van der Waals surface area contributed by atoms with E-state index in [0.717, 1.165) is 5.69 Å². The van der Waals surface area contributed by atoms with E-state index in [4.69, 9.17) is 10.4 Å². The van der Waals surface area contributed by atoms with Crippen LogP contribution in [0.1, 0.15) is 16.8 Å². The number of likely N-dealkylation sites (N-methyl/N-ethyl adjacent to an activating group) is 1. The van der Waals surface area contributed by atoms with Gasteiger partial charge in [0.1, 0.15) is 0 Å². The van der Waals surface area contributed by atoms with E-state index < -0.39 is 5.97 Å². The van der Waals surface area contributed by atoms with Crippen molar-refractivity contribution in [2.75, 3.05) is 29.9 Å². The fourth-order valence-corrected chi connectivity index (χ4v) is 2.11. The highest BCUT2D eigenvalue weighted by atomic mass is 16.4. The number of hydrogen-bond donors (Lipinski definition) is 1. The third kappa shape index (κ3) is 2.36. The van der Waals surface area contributed by atoms with Crippen LogP contribution < -0.4 is 9.80 Å². The molecule has 0 spiro atoms. The van der Waals surface area contributed by atoms with E-state index in [9.17, 15) is 9.59 Å². The molecule has 1 amide bonds. The van der Waals surface area contributed by atoms with Crippen molar-refractivity contribution in [2.45, 2.75) is 6.42 Å². The molecule has 1 N–H and O–H groups in total. The van der Waals surface area contributed by atoms with Crippen molar-refractivity contribution in [2.24, 2.45) is 0 Å². The summed E-state index contributed by atoms with van der Waals surface area (Å²) in [5, 5.41) is 17.6. The maximum absolute atomic E-state index is 12.0. The maximum Gasteiger partial charge on any atom is 0.335 e. The molecule has 0 saturated heterocycles. The van der Waals surface area contributed by atoms with E-state index >= 15 is 0 Å².